The van der Waals surface area contributed by atoms with Gasteiger partial charge in [0.1, 0.15) is 5.69 Å². The van der Waals surface area contributed by atoms with E-state index in [4.69, 9.17) is 5.73 Å². The Hall–Kier alpha value is -1.24. The van der Waals surface area contributed by atoms with E-state index in [-0.39, 0.29) is 23.1 Å². The largest absolute Gasteiger partial charge is 0.393 e. The number of nitrogen functional groups attached to an aromatic ring is 1. The van der Waals surface area contributed by atoms with Gasteiger partial charge in [0.15, 0.2) is 9.84 Å². The minimum Gasteiger partial charge on any atom is -0.393 e. The van der Waals surface area contributed by atoms with Crippen LogP contribution in [0.1, 0.15) is 43.8 Å². The fraction of sp³-hybridized carbons (Fsp3) is 0.750. The molecule has 106 valence electrons. The van der Waals surface area contributed by atoms with Crippen molar-refractivity contribution in [3.05, 3.63) is 16.0 Å². The van der Waals surface area contributed by atoms with Gasteiger partial charge in [-0.25, -0.2) is 13.1 Å². The third-order valence-corrected chi connectivity index (χ3v) is 5.82. The fourth-order valence-corrected chi connectivity index (χ4v) is 4.73. The van der Waals surface area contributed by atoms with Crippen molar-refractivity contribution in [2.45, 2.75) is 44.7 Å². The highest BCUT2D eigenvalue weighted by atomic mass is 32.2. The first kappa shape index (κ1) is 12.8. The van der Waals surface area contributed by atoms with Crippen LogP contribution in [0.5, 0.6) is 0 Å². The summed E-state index contributed by atoms with van der Waals surface area (Å²) >= 11 is 0. The summed E-state index contributed by atoms with van der Waals surface area (Å²) in [5.41, 5.74) is 6.96. The van der Waals surface area contributed by atoms with Gasteiger partial charge in [0.2, 0.25) is 0 Å². The van der Waals surface area contributed by atoms with Crippen molar-refractivity contribution in [3.63, 3.8) is 0 Å². The molecule has 19 heavy (non-hydrogen) atoms. The standard InChI is InChI=1S/C12H19N3O3S/c1-2-14-11(8-3-4-8)10(13)12(16)15(14)9-5-6-19(17,18)7-9/h8-9H,2-7,13H2,1H3. The monoisotopic (exact) mass is 285 g/mol. The SMILES string of the molecule is CCn1c(C2CC2)c(N)c(=O)n1C1CCS(=O)(=O)C1. The van der Waals surface area contributed by atoms with Crippen LogP contribution in [0, 0.1) is 0 Å². The Bertz CT molecular complexity index is 667. The lowest BCUT2D eigenvalue weighted by Gasteiger charge is -2.17. The highest BCUT2D eigenvalue weighted by Gasteiger charge is 2.36. The van der Waals surface area contributed by atoms with E-state index in [9.17, 15) is 13.2 Å². The Morgan fingerprint density at radius 1 is 1.32 bits per heavy atom. The first-order chi connectivity index (χ1) is 8.94. The van der Waals surface area contributed by atoms with Gasteiger partial charge in [0, 0.05) is 12.5 Å². The lowest BCUT2D eigenvalue weighted by molar-refractivity contribution is 0.385. The average Bonchev–Trinajstić information content (AvgIpc) is 3.07. The molecule has 1 aromatic rings. The molecule has 0 bridgehead atoms. The van der Waals surface area contributed by atoms with Gasteiger partial charge in [-0.2, -0.15) is 0 Å². The van der Waals surface area contributed by atoms with Crippen molar-refractivity contribution in [2.75, 3.05) is 17.2 Å². The number of rotatable bonds is 3. The molecule has 2 N–H and O–H groups in total. The van der Waals surface area contributed by atoms with Crippen LogP contribution >= 0.6 is 0 Å². The van der Waals surface area contributed by atoms with Crippen molar-refractivity contribution in [3.8, 4) is 0 Å². The van der Waals surface area contributed by atoms with Crippen LogP contribution < -0.4 is 11.3 Å². The van der Waals surface area contributed by atoms with E-state index in [1.54, 1.807) is 4.68 Å². The van der Waals surface area contributed by atoms with Gasteiger partial charge >= 0.3 is 0 Å². The molecule has 1 aliphatic heterocycles. The molecule has 1 saturated carbocycles. The Labute approximate surface area is 112 Å². The Morgan fingerprint density at radius 2 is 2.00 bits per heavy atom. The van der Waals surface area contributed by atoms with Crippen molar-refractivity contribution in [1.29, 1.82) is 0 Å². The molecule has 7 heteroatoms. The first-order valence-corrected chi connectivity index (χ1v) is 8.58. The minimum absolute atomic E-state index is 0.0560. The van der Waals surface area contributed by atoms with Crippen LogP contribution in [0.15, 0.2) is 4.79 Å². The van der Waals surface area contributed by atoms with Gasteiger partial charge in [-0.15, -0.1) is 0 Å². The van der Waals surface area contributed by atoms with Gasteiger partial charge in [-0.05, 0) is 26.2 Å². The van der Waals surface area contributed by atoms with Crippen LogP contribution in [-0.2, 0) is 16.4 Å². The van der Waals surface area contributed by atoms with Crippen LogP contribution in [0.25, 0.3) is 0 Å². The molecule has 2 fully saturated rings. The predicted octanol–water partition coefficient (Wildman–Crippen LogP) is 0.489. The summed E-state index contributed by atoms with van der Waals surface area (Å²) in [7, 11) is -3.01. The van der Waals surface area contributed by atoms with Crippen molar-refractivity contribution in [2.24, 2.45) is 0 Å². The number of hydrogen-bond acceptors (Lipinski definition) is 4. The summed E-state index contributed by atoms with van der Waals surface area (Å²) in [6.07, 6.45) is 2.64. The molecule has 6 nitrogen and oxygen atoms in total. The van der Waals surface area contributed by atoms with Gasteiger partial charge in [0.05, 0.1) is 23.2 Å². The zero-order chi connectivity index (χ0) is 13.8. The van der Waals surface area contributed by atoms with E-state index in [2.05, 4.69) is 0 Å². The molecule has 1 atom stereocenters. The van der Waals surface area contributed by atoms with E-state index in [1.165, 1.54) is 0 Å². The summed E-state index contributed by atoms with van der Waals surface area (Å²) in [6.45, 7) is 2.61. The average molecular weight is 285 g/mol. The third-order valence-electron chi connectivity index (χ3n) is 4.07. The summed E-state index contributed by atoms with van der Waals surface area (Å²) in [4.78, 5) is 12.3. The van der Waals surface area contributed by atoms with E-state index in [0.29, 0.717) is 24.6 Å². The number of hydrogen-bond donors (Lipinski definition) is 1. The number of nitrogens with zero attached hydrogens (tertiary/aromatic N) is 2. The zero-order valence-electron chi connectivity index (χ0n) is 11.0. The summed E-state index contributed by atoms with van der Waals surface area (Å²) < 4.78 is 26.7. The smallest absolute Gasteiger partial charge is 0.290 e. The normalized spacial score (nSPS) is 25.8. The Morgan fingerprint density at radius 3 is 2.47 bits per heavy atom. The molecule has 1 aliphatic carbocycles. The highest BCUT2D eigenvalue weighted by Crippen LogP contribution is 2.42. The van der Waals surface area contributed by atoms with Crippen molar-refractivity contribution >= 4 is 15.5 Å². The predicted molar refractivity (Wildman–Crippen MR) is 73.1 cm³/mol. The highest BCUT2D eigenvalue weighted by molar-refractivity contribution is 7.91. The second-order valence-corrected chi connectivity index (χ2v) is 7.72. The summed E-state index contributed by atoms with van der Waals surface area (Å²) in [5, 5.41) is 0. The van der Waals surface area contributed by atoms with Gasteiger partial charge in [0.25, 0.3) is 5.56 Å². The van der Waals surface area contributed by atoms with E-state index in [0.717, 1.165) is 18.5 Å². The maximum absolute atomic E-state index is 12.3. The lowest BCUT2D eigenvalue weighted by Crippen LogP contribution is -2.29. The number of sulfone groups is 1. The Kier molecular flexibility index (Phi) is 2.78. The van der Waals surface area contributed by atoms with Crippen molar-refractivity contribution < 1.29 is 8.42 Å². The van der Waals surface area contributed by atoms with Crippen molar-refractivity contribution in [1.82, 2.24) is 9.36 Å². The maximum atomic E-state index is 12.3. The van der Waals surface area contributed by atoms with Gasteiger partial charge in [-0.3, -0.25) is 9.48 Å². The molecule has 0 amide bonds. The zero-order valence-corrected chi connectivity index (χ0v) is 11.8. The van der Waals surface area contributed by atoms with Crippen LogP contribution in [0.3, 0.4) is 0 Å². The number of anilines is 1. The Balaban J connectivity index is 2.11. The molecular formula is C12H19N3O3S. The van der Waals surface area contributed by atoms with E-state index >= 15 is 0 Å². The minimum atomic E-state index is -3.01. The molecule has 2 heterocycles. The van der Waals surface area contributed by atoms with Gasteiger partial charge in [-0.1, -0.05) is 0 Å². The molecule has 1 saturated heterocycles. The molecular weight excluding hydrogens is 266 g/mol. The van der Waals surface area contributed by atoms with Crippen LogP contribution in [-0.4, -0.2) is 29.3 Å². The topological polar surface area (TPSA) is 87.1 Å². The van der Waals surface area contributed by atoms with E-state index in [1.807, 2.05) is 11.6 Å². The quantitative estimate of drug-likeness (QED) is 0.875. The second kappa shape index (κ2) is 4.13. The number of aromatic nitrogens is 2. The van der Waals surface area contributed by atoms with Crippen LogP contribution in [0.2, 0.25) is 0 Å². The maximum Gasteiger partial charge on any atom is 0.290 e. The molecule has 2 aliphatic rings. The molecule has 3 rings (SSSR count). The second-order valence-electron chi connectivity index (χ2n) is 5.50. The first-order valence-electron chi connectivity index (χ1n) is 6.75. The lowest BCUT2D eigenvalue weighted by atomic mass is 10.2. The third kappa shape index (κ3) is 2.00. The molecule has 0 aromatic carbocycles. The molecule has 0 spiro atoms. The fourth-order valence-electron chi connectivity index (χ4n) is 3.04. The van der Waals surface area contributed by atoms with E-state index < -0.39 is 9.84 Å². The van der Waals surface area contributed by atoms with Crippen LogP contribution in [0.4, 0.5) is 5.69 Å². The molecule has 1 aromatic heterocycles. The molecule has 0 radical (unpaired) electrons. The van der Waals surface area contributed by atoms with Gasteiger partial charge < -0.3 is 5.73 Å². The summed E-state index contributed by atoms with van der Waals surface area (Å²) in [6, 6.07) is -0.257. The summed E-state index contributed by atoms with van der Waals surface area (Å²) in [5.74, 6) is 0.602. The molecule has 1 unspecified atom stereocenters. The number of nitrogens with two attached hydrogens (primary N) is 1.